The summed E-state index contributed by atoms with van der Waals surface area (Å²) < 4.78 is 0. The van der Waals surface area contributed by atoms with Crippen LogP contribution in [0.5, 0.6) is 0 Å². The summed E-state index contributed by atoms with van der Waals surface area (Å²) >= 11 is 0. The third-order valence-electron chi connectivity index (χ3n) is 4.53. The molecular weight excluding hydrogens is 302 g/mol. The van der Waals surface area contributed by atoms with Crippen LogP contribution in [0.1, 0.15) is 44.6 Å². The molecule has 0 radical (unpaired) electrons. The summed E-state index contributed by atoms with van der Waals surface area (Å²) in [5.41, 5.74) is -1.52. The third kappa shape index (κ3) is 3.35. The zero-order valence-electron chi connectivity index (χ0n) is 13.7. The Kier molecular flexibility index (Phi) is 5.44. The first-order valence-corrected chi connectivity index (χ1v) is 8.13. The first-order valence-electron chi connectivity index (χ1n) is 8.13. The molecule has 1 aromatic rings. The molecule has 4 heteroatoms. The number of carboxylic acid groups (broad SMARTS) is 1. The fraction of sp³-hybridized carbons (Fsp3) is 0.400. The van der Waals surface area contributed by atoms with Crippen LogP contribution >= 0.6 is 0 Å². The Morgan fingerprint density at radius 2 is 2.04 bits per heavy atom. The van der Waals surface area contributed by atoms with Gasteiger partial charge in [0, 0.05) is 11.6 Å². The Labute approximate surface area is 142 Å². The molecule has 1 atom stereocenters. The van der Waals surface area contributed by atoms with Gasteiger partial charge in [-0.15, -0.1) is 0 Å². The first-order chi connectivity index (χ1) is 11.5. The molecule has 0 spiro atoms. The summed E-state index contributed by atoms with van der Waals surface area (Å²) in [6, 6.07) is 11.2. The van der Waals surface area contributed by atoms with E-state index >= 15 is 0 Å². The lowest BCUT2D eigenvalue weighted by Gasteiger charge is -2.45. The van der Waals surface area contributed by atoms with E-state index in [1.165, 1.54) is 0 Å². The van der Waals surface area contributed by atoms with Crippen LogP contribution in [0.2, 0.25) is 0 Å². The van der Waals surface area contributed by atoms with Gasteiger partial charge in [-0.3, -0.25) is 0 Å². The minimum Gasteiger partial charge on any atom is -0.478 e. The number of aliphatic hydroxyl groups is 1. The second kappa shape index (κ2) is 7.34. The molecule has 24 heavy (non-hydrogen) atoms. The molecule has 1 saturated carbocycles. The number of carboxylic acids is 1. The van der Waals surface area contributed by atoms with Gasteiger partial charge in [0.05, 0.1) is 6.07 Å². The molecule has 0 heterocycles. The van der Waals surface area contributed by atoms with Crippen LogP contribution in [0.25, 0.3) is 0 Å². The van der Waals surface area contributed by atoms with Crippen molar-refractivity contribution in [2.75, 3.05) is 0 Å². The lowest BCUT2D eigenvalue weighted by molar-refractivity contribution is -0.131. The zero-order valence-corrected chi connectivity index (χ0v) is 13.7. The van der Waals surface area contributed by atoms with Gasteiger partial charge in [0.2, 0.25) is 0 Å². The number of hydrogen-bond donors (Lipinski definition) is 2. The molecular formula is C20H21NO3. The minimum absolute atomic E-state index is 0.451. The highest BCUT2D eigenvalue weighted by atomic mass is 16.4. The van der Waals surface area contributed by atoms with Crippen LogP contribution in [-0.4, -0.2) is 16.2 Å². The van der Waals surface area contributed by atoms with E-state index in [2.05, 4.69) is 17.9 Å². The van der Waals surface area contributed by atoms with E-state index in [1.807, 2.05) is 13.0 Å². The molecule has 1 aliphatic carbocycles. The Morgan fingerprint density at radius 1 is 1.38 bits per heavy atom. The topological polar surface area (TPSA) is 81.3 Å². The third-order valence-corrected chi connectivity index (χ3v) is 4.53. The van der Waals surface area contributed by atoms with Crippen LogP contribution in [0.15, 0.2) is 42.0 Å². The standard InChI is InChI=1S/C20H21NO3/c1-2-7-16(14-18(22)23)10-13-20(24,17-8-4-3-5-9-17)19(15-21)11-6-12-19/h3-5,8-9,14,24H,2,6-7,11-12H2,1H3,(H,22,23)/b16-14-/t20-/m1/s1. The second-order valence-electron chi connectivity index (χ2n) is 6.13. The number of nitrogens with zero attached hydrogens (tertiary/aromatic N) is 1. The summed E-state index contributed by atoms with van der Waals surface area (Å²) in [6.45, 7) is 1.93. The van der Waals surface area contributed by atoms with Crippen molar-refractivity contribution >= 4 is 5.97 Å². The van der Waals surface area contributed by atoms with Crippen molar-refractivity contribution in [3.8, 4) is 17.9 Å². The zero-order chi connectivity index (χ0) is 17.6. The number of allylic oxidation sites excluding steroid dienone is 1. The molecule has 4 nitrogen and oxygen atoms in total. The normalized spacial score (nSPS) is 18.3. The molecule has 0 saturated heterocycles. The van der Waals surface area contributed by atoms with Gasteiger partial charge in [-0.25, -0.2) is 4.79 Å². The maximum Gasteiger partial charge on any atom is 0.329 e. The van der Waals surface area contributed by atoms with Crippen LogP contribution in [0.4, 0.5) is 0 Å². The highest BCUT2D eigenvalue weighted by Gasteiger charge is 2.55. The van der Waals surface area contributed by atoms with Gasteiger partial charge in [0.15, 0.2) is 5.60 Å². The predicted octanol–water partition coefficient (Wildman–Crippen LogP) is 3.38. The number of carbonyl (C=O) groups is 1. The Hall–Kier alpha value is -2.56. The van der Waals surface area contributed by atoms with Gasteiger partial charge in [-0.1, -0.05) is 55.5 Å². The van der Waals surface area contributed by atoms with Crippen LogP contribution in [-0.2, 0) is 10.4 Å². The summed E-state index contributed by atoms with van der Waals surface area (Å²) in [7, 11) is 0. The van der Waals surface area contributed by atoms with Gasteiger partial charge in [0.1, 0.15) is 5.41 Å². The maximum absolute atomic E-state index is 11.3. The summed E-state index contributed by atoms with van der Waals surface area (Å²) in [4.78, 5) is 10.9. The van der Waals surface area contributed by atoms with Crippen molar-refractivity contribution in [2.45, 2.75) is 44.6 Å². The van der Waals surface area contributed by atoms with Gasteiger partial charge >= 0.3 is 5.97 Å². The van der Waals surface area contributed by atoms with Crippen molar-refractivity contribution in [2.24, 2.45) is 5.41 Å². The molecule has 2 rings (SSSR count). The van der Waals surface area contributed by atoms with Crippen molar-refractivity contribution in [3.63, 3.8) is 0 Å². The Morgan fingerprint density at radius 3 is 2.50 bits per heavy atom. The fourth-order valence-corrected chi connectivity index (χ4v) is 2.99. The Balaban J connectivity index is 2.52. The van der Waals surface area contributed by atoms with Crippen molar-refractivity contribution in [1.29, 1.82) is 5.26 Å². The summed E-state index contributed by atoms with van der Waals surface area (Å²) in [6.07, 6.45) is 4.37. The van der Waals surface area contributed by atoms with Crippen molar-refractivity contribution in [1.82, 2.24) is 0 Å². The largest absolute Gasteiger partial charge is 0.478 e. The van der Waals surface area contributed by atoms with E-state index in [-0.39, 0.29) is 0 Å². The number of aliphatic carboxylic acids is 1. The highest BCUT2D eigenvalue weighted by Crippen LogP contribution is 2.53. The SMILES string of the molecule is CCC/C(C#C[C@@](O)(c1ccccc1)C1(C#N)CCC1)=C/C(=O)O. The molecule has 1 aromatic carbocycles. The molecule has 1 fully saturated rings. The first kappa shape index (κ1) is 17.8. The van der Waals surface area contributed by atoms with Crippen LogP contribution < -0.4 is 0 Å². The van der Waals surface area contributed by atoms with Gasteiger partial charge in [0.25, 0.3) is 0 Å². The lowest BCUT2D eigenvalue weighted by Crippen LogP contribution is -2.48. The maximum atomic E-state index is 11.3. The summed E-state index contributed by atoms with van der Waals surface area (Å²) in [5.74, 6) is 4.62. The van der Waals surface area contributed by atoms with Crippen molar-refractivity contribution in [3.05, 3.63) is 47.5 Å². The average molecular weight is 323 g/mol. The van der Waals surface area contributed by atoms with Crippen molar-refractivity contribution < 1.29 is 15.0 Å². The lowest BCUT2D eigenvalue weighted by atomic mass is 9.57. The van der Waals surface area contributed by atoms with E-state index in [9.17, 15) is 15.2 Å². The molecule has 0 unspecified atom stereocenters. The monoisotopic (exact) mass is 323 g/mol. The average Bonchev–Trinajstić information content (AvgIpc) is 2.52. The molecule has 0 amide bonds. The number of benzene rings is 1. The number of hydrogen-bond acceptors (Lipinski definition) is 3. The van der Waals surface area contributed by atoms with Gasteiger partial charge in [-0.05, 0) is 31.2 Å². The quantitative estimate of drug-likeness (QED) is 0.643. The van der Waals surface area contributed by atoms with E-state index in [1.54, 1.807) is 24.3 Å². The van der Waals surface area contributed by atoms with Crippen LogP contribution in [0, 0.1) is 28.6 Å². The predicted molar refractivity (Wildman–Crippen MR) is 90.6 cm³/mol. The van der Waals surface area contributed by atoms with Crippen LogP contribution in [0.3, 0.4) is 0 Å². The van der Waals surface area contributed by atoms with E-state index < -0.39 is 17.0 Å². The Bertz CT molecular complexity index is 730. The molecule has 124 valence electrons. The smallest absolute Gasteiger partial charge is 0.329 e. The molecule has 0 aliphatic heterocycles. The molecule has 2 N–H and O–H groups in total. The van der Waals surface area contributed by atoms with E-state index in [0.717, 1.165) is 18.9 Å². The van der Waals surface area contributed by atoms with Gasteiger partial charge in [-0.2, -0.15) is 5.26 Å². The van der Waals surface area contributed by atoms with E-state index in [0.29, 0.717) is 30.4 Å². The molecule has 0 aromatic heterocycles. The minimum atomic E-state index is -1.60. The number of rotatable bonds is 5. The number of nitriles is 1. The summed E-state index contributed by atoms with van der Waals surface area (Å²) in [5, 5.41) is 30.0. The second-order valence-corrected chi connectivity index (χ2v) is 6.13. The fourth-order valence-electron chi connectivity index (χ4n) is 2.99. The molecule has 0 bridgehead atoms. The van der Waals surface area contributed by atoms with Gasteiger partial charge < -0.3 is 10.2 Å². The highest BCUT2D eigenvalue weighted by molar-refractivity contribution is 5.81. The molecule has 1 aliphatic rings. The van der Waals surface area contributed by atoms with E-state index in [4.69, 9.17) is 5.11 Å².